The number of aryl methyl sites for hydroxylation is 6. The SMILES string of the molecule is Cc1cc(C)c(-c2cccc(Br)c2N)c(C)c1.Cc1cc(C)c(-c2cccc(Br)c2N=C=S)c(C)c1.S=C(Cl)Cl. The van der Waals surface area contributed by atoms with Gasteiger partial charge in [0.05, 0.1) is 16.5 Å². The first-order valence-corrected chi connectivity index (χ1v) is 15.4. The molecular formula is C32H30Br2Cl2N2S2. The summed E-state index contributed by atoms with van der Waals surface area (Å²) >= 11 is 25.4. The van der Waals surface area contributed by atoms with Crippen molar-refractivity contribution in [3.05, 3.63) is 103 Å². The van der Waals surface area contributed by atoms with E-state index in [1.807, 2.05) is 24.3 Å². The van der Waals surface area contributed by atoms with Crippen LogP contribution in [-0.2, 0) is 0 Å². The number of nitrogen functional groups attached to an aromatic ring is 1. The van der Waals surface area contributed by atoms with Crippen molar-refractivity contribution in [1.82, 2.24) is 0 Å². The van der Waals surface area contributed by atoms with E-state index in [1.54, 1.807) is 0 Å². The van der Waals surface area contributed by atoms with E-state index in [-0.39, 0.29) is 3.78 Å². The zero-order valence-electron chi connectivity index (χ0n) is 23.1. The molecule has 40 heavy (non-hydrogen) atoms. The lowest BCUT2D eigenvalue weighted by atomic mass is 9.93. The Kier molecular flexibility index (Phi) is 13.7. The minimum atomic E-state index is -0.0556. The highest BCUT2D eigenvalue weighted by Gasteiger charge is 2.13. The van der Waals surface area contributed by atoms with E-state index in [2.05, 4.69) is 132 Å². The number of halogens is 4. The van der Waals surface area contributed by atoms with Crippen molar-refractivity contribution in [2.75, 3.05) is 5.73 Å². The molecule has 0 atom stereocenters. The molecule has 0 radical (unpaired) electrons. The third-order valence-corrected chi connectivity index (χ3v) is 7.51. The van der Waals surface area contributed by atoms with Crippen molar-refractivity contribution >= 4 is 99.8 Å². The summed E-state index contributed by atoms with van der Waals surface area (Å²) in [6.07, 6.45) is 0. The van der Waals surface area contributed by atoms with Crippen molar-refractivity contribution in [2.24, 2.45) is 4.99 Å². The van der Waals surface area contributed by atoms with Gasteiger partial charge in [0.2, 0.25) is 0 Å². The molecule has 4 rings (SSSR count). The maximum atomic E-state index is 6.14. The van der Waals surface area contributed by atoms with Crippen LogP contribution in [0.2, 0.25) is 0 Å². The fraction of sp³-hybridized carbons (Fsp3) is 0.188. The Morgan fingerprint density at radius 2 is 1.10 bits per heavy atom. The van der Waals surface area contributed by atoms with Gasteiger partial charge >= 0.3 is 0 Å². The van der Waals surface area contributed by atoms with Gasteiger partial charge in [-0.15, -0.1) is 0 Å². The quantitative estimate of drug-likeness (QED) is 0.0985. The molecule has 0 amide bonds. The largest absolute Gasteiger partial charge is 0.397 e. The van der Waals surface area contributed by atoms with E-state index in [9.17, 15) is 0 Å². The highest BCUT2D eigenvalue weighted by Crippen LogP contribution is 2.40. The third kappa shape index (κ3) is 9.32. The lowest BCUT2D eigenvalue weighted by Gasteiger charge is -2.14. The fourth-order valence-corrected chi connectivity index (χ4v) is 5.75. The van der Waals surface area contributed by atoms with Gasteiger partial charge in [-0.05, 0) is 131 Å². The van der Waals surface area contributed by atoms with Gasteiger partial charge in [0, 0.05) is 20.1 Å². The fourth-order valence-electron chi connectivity index (χ4n) is 4.84. The summed E-state index contributed by atoms with van der Waals surface area (Å²) in [6, 6.07) is 20.9. The van der Waals surface area contributed by atoms with E-state index in [4.69, 9.17) is 41.2 Å². The number of nitrogens with zero attached hydrogens (tertiary/aromatic N) is 1. The molecule has 0 aliphatic rings. The summed E-state index contributed by atoms with van der Waals surface area (Å²) in [5.41, 5.74) is 20.0. The van der Waals surface area contributed by atoms with E-state index in [0.717, 1.165) is 31.4 Å². The second kappa shape index (κ2) is 15.9. The Hall–Kier alpha value is -1.89. The first-order chi connectivity index (χ1) is 18.8. The molecule has 2 nitrogen and oxygen atoms in total. The number of aliphatic imine (C=N–C) groups is 1. The van der Waals surface area contributed by atoms with Crippen LogP contribution >= 0.6 is 79.5 Å². The number of hydrogen-bond acceptors (Lipinski definition) is 4. The number of nitrogens with two attached hydrogens (primary N) is 1. The zero-order chi connectivity index (χ0) is 30.1. The lowest BCUT2D eigenvalue weighted by molar-refractivity contribution is 1.31. The topological polar surface area (TPSA) is 38.4 Å². The highest BCUT2D eigenvalue weighted by molar-refractivity contribution is 9.11. The van der Waals surface area contributed by atoms with E-state index < -0.39 is 0 Å². The summed E-state index contributed by atoms with van der Waals surface area (Å²) in [4.78, 5) is 4.21. The molecule has 0 saturated heterocycles. The van der Waals surface area contributed by atoms with Crippen LogP contribution in [0.1, 0.15) is 33.4 Å². The number of benzene rings is 4. The van der Waals surface area contributed by atoms with E-state index in [1.165, 1.54) is 44.5 Å². The first kappa shape index (κ1) is 34.3. The van der Waals surface area contributed by atoms with E-state index in [0.29, 0.717) is 0 Å². The van der Waals surface area contributed by atoms with Crippen molar-refractivity contribution < 1.29 is 0 Å². The molecule has 0 bridgehead atoms. The third-order valence-electron chi connectivity index (χ3n) is 6.09. The Morgan fingerprint density at radius 3 is 1.52 bits per heavy atom. The normalized spacial score (nSPS) is 9.95. The van der Waals surface area contributed by atoms with Crippen LogP contribution in [-0.4, -0.2) is 8.94 Å². The number of rotatable bonds is 3. The smallest absolute Gasteiger partial charge is 0.169 e. The van der Waals surface area contributed by atoms with Gasteiger partial charge in [-0.1, -0.05) is 95.1 Å². The van der Waals surface area contributed by atoms with Crippen LogP contribution in [0.15, 0.2) is 74.6 Å². The number of anilines is 1. The molecule has 0 saturated carbocycles. The summed E-state index contributed by atoms with van der Waals surface area (Å²) < 4.78 is 1.83. The van der Waals surface area contributed by atoms with Crippen LogP contribution in [0.5, 0.6) is 0 Å². The lowest BCUT2D eigenvalue weighted by Crippen LogP contribution is -1.96. The van der Waals surface area contributed by atoms with Crippen LogP contribution in [0.3, 0.4) is 0 Å². The van der Waals surface area contributed by atoms with E-state index >= 15 is 0 Å². The number of hydrogen-bond donors (Lipinski definition) is 1. The number of thiocarbonyl (C=S) groups is 2. The summed E-state index contributed by atoms with van der Waals surface area (Å²) in [6.45, 7) is 12.8. The van der Waals surface area contributed by atoms with Crippen LogP contribution < -0.4 is 5.73 Å². The minimum absolute atomic E-state index is 0.0556. The monoisotopic (exact) mass is 734 g/mol. The molecule has 4 aromatic rings. The van der Waals surface area contributed by atoms with Gasteiger partial charge in [0.25, 0.3) is 0 Å². The predicted molar refractivity (Wildman–Crippen MR) is 191 cm³/mol. The van der Waals surface area contributed by atoms with Gasteiger partial charge in [-0.3, -0.25) is 0 Å². The first-order valence-electron chi connectivity index (χ1n) is 12.2. The zero-order valence-corrected chi connectivity index (χ0v) is 29.4. The second-order valence-corrected chi connectivity index (χ2v) is 13.0. The number of para-hydroxylation sites is 2. The van der Waals surface area contributed by atoms with Gasteiger partial charge in [-0.25, -0.2) is 0 Å². The minimum Gasteiger partial charge on any atom is -0.397 e. The van der Waals surface area contributed by atoms with Crippen LogP contribution in [0.4, 0.5) is 11.4 Å². The molecule has 0 fully saturated rings. The van der Waals surface area contributed by atoms with Crippen LogP contribution in [0, 0.1) is 41.5 Å². The second-order valence-electron chi connectivity index (χ2n) is 9.31. The summed E-state index contributed by atoms with van der Waals surface area (Å²) in [5.74, 6) is 0. The molecule has 0 aliphatic carbocycles. The van der Waals surface area contributed by atoms with Gasteiger partial charge in [0.1, 0.15) is 0 Å². The molecule has 0 heterocycles. The van der Waals surface area contributed by atoms with Gasteiger partial charge < -0.3 is 5.73 Å². The van der Waals surface area contributed by atoms with Crippen molar-refractivity contribution in [3.8, 4) is 22.3 Å². The molecule has 0 unspecified atom stereocenters. The molecule has 0 spiro atoms. The molecule has 0 aromatic heterocycles. The Morgan fingerprint density at radius 1 is 0.725 bits per heavy atom. The van der Waals surface area contributed by atoms with Gasteiger partial charge in [-0.2, -0.15) is 4.99 Å². The molecule has 0 aliphatic heterocycles. The molecule has 2 N–H and O–H groups in total. The van der Waals surface area contributed by atoms with Crippen LogP contribution in [0.25, 0.3) is 22.3 Å². The van der Waals surface area contributed by atoms with Gasteiger partial charge in [0.15, 0.2) is 3.78 Å². The molecule has 8 heteroatoms. The predicted octanol–water partition coefficient (Wildman–Crippen LogP) is 12.1. The molecule has 4 aromatic carbocycles. The van der Waals surface area contributed by atoms with Crippen molar-refractivity contribution in [2.45, 2.75) is 41.5 Å². The molecule has 208 valence electrons. The maximum absolute atomic E-state index is 6.14. The van der Waals surface area contributed by atoms with Crippen molar-refractivity contribution in [3.63, 3.8) is 0 Å². The summed E-state index contributed by atoms with van der Waals surface area (Å²) in [7, 11) is 0. The Balaban J connectivity index is 0.000000249. The standard InChI is InChI=1S/C16H14BrNS.C15H16BrN.CCl2S/c1-10-7-11(2)15(12(3)8-10)13-5-4-6-14(17)16(13)18-9-19;1-9-7-10(2)14(11(3)8-9)12-5-4-6-13(16)15(12)17;2-1(3)4/h4-8H,1-3H3;4-8H,17H2,1-3H3;. The number of isothiocyanates is 1. The van der Waals surface area contributed by atoms with Crippen molar-refractivity contribution in [1.29, 1.82) is 0 Å². The molecular weight excluding hydrogens is 707 g/mol. The highest BCUT2D eigenvalue weighted by atomic mass is 79.9. The summed E-state index contributed by atoms with van der Waals surface area (Å²) in [5, 5.41) is 2.46. The average molecular weight is 737 g/mol. The Labute approximate surface area is 275 Å². The maximum Gasteiger partial charge on any atom is 0.169 e. The average Bonchev–Trinajstić information content (AvgIpc) is 2.83. The Bertz CT molecular complexity index is 1550.